The minimum Gasteiger partial charge on any atom is -0.273 e. The molecule has 1 saturated carbocycles. The summed E-state index contributed by atoms with van der Waals surface area (Å²) in [7, 11) is 0. The first-order valence-electron chi connectivity index (χ1n) is 9.52. The number of amides is 2. The molecule has 0 aliphatic heterocycles. The fourth-order valence-electron chi connectivity index (χ4n) is 3.50. The molecule has 6 nitrogen and oxygen atoms in total. The van der Waals surface area contributed by atoms with Crippen molar-refractivity contribution in [1.29, 1.82) is 0 Å². The van der Waals surface area contributed by atoms with Crippen molar-refractivity contribution < 1.29 is 9.59 Å². The molecule has 0 radical (unpaired) electrons. The van der Waals surface area contributed by atoms with Crippen molar-refractivity contribution in [2.75, 3.05) is 0 Å². The smallest absolute Gasteiger partial charge is 0.273 e. The van der Waals surface area contributed by atoms with E-state index in [2.05, 4.69) is 16.0 Å². The molecule has 0 saturated heterocycles. The number of rotatable bonds is 4. The molecule has 2 N–H and O–H groups in total. The lowest BCUT2D eigenvalue weighted by Crippen LogP contribution is -2.45. The summed E-state index contributed by atoms with van der Waals surface area (Å²) in [4.78, 5) is 26.1. The van der Waals surface area contributed by atoms with Gasteiger partial charge in [0.25, 0.3) is 5.91 Å². The molecule has 0 atom stereocenters. The predicted octanol–water partition coefficient (Wildman–Crippen LogP) is 3.94. The zero-order chi connectivity index (χ0) is 19.3. The largest absolute Gasteiger partial charge is 0.288 e. The molecule has 0 bridgehead atoms. The Kier molecular flexibility index (Phi) is 5.53. The Morgan fingerprint density at radius 1 is 1.00 bits per heavy atom. The average Bonchev–Trinajstić information content (AvgIpc) is 3.43. The average molecular weight is 394 g/mol. The first-order chi connectivity index (χ1) is 13.7. The van der Waals surface area contributed by atoms with Crippen LogP contribution in [0.15, 0.2) is 53.9 Å². The van der Waals surface area contributed by atoms with Gasteiger partial charge < -0.3 is 0 Å². The van der Waals surface area contributed by atoms with Gasteiger partial charge in [0, 0.05) is 5.92 Å². The number of benzene rings is 1. The molecule has 2 heterocycles. The number of nitrogens with one attached hydrogen (secondary N) is 2. The van der Waals surface area contributed by atoms with E-state index in [1.807, 2.05) is 47.8 Å². The molecule has 7 heteroatoms. The Balaban J connectivity index is 1.55. The van der Waals surface area contributed by atoms with Crippen LogP contribution >= 0.6 is 11.3 Å². The second-order valence-corrected chi connectivity index (χ2v) is 7.87. The van der Waals surface area contributed by atoms with Crippen molar-refractivity contribution in [1.82, 2.24) is 20.6 Å². The van der Waals surface area contributed by atoms with E-state index in [1.54, 1.807) is 22.1 Å². The van der Waals surface area contributed by atoms with Gasteiger partial charge >= 0.3 is 0 Å². The maximum atomic E-state index is 12.8. The topological polar surface area (TPSA) is 76.0 Å². The Labute approximate surface area is 167 Å². The number of carbonyl (C=O) groups excluding carboxylic acids is 2. The van der Waals surface area contributed by atoms with E-state index in [0.29, 0.717) is 5.69 Å². The van der Waals surface area contributed by atoms with Gasteiger partial charge in [-0.2, -0.15) is 5.10 Å². The fourth-order valence-corrected chi connectivity index (χ4v) is 4.18. The first kappa shape index (κ1) is 18.4. The summed E-state index contributed by atoms with van der Waals surface area (Å²) in [5.74, 6) is -0.518. The van der Waals surface area contributed by atoms with Gasteiger partial charge in [0.05, 0.1) is 10.6 Å². The molecule has 2 amide bonds. The minimum absolute atomic E-state index is 0.0187. The Morgan fingerprint density at radius 2 is 1.79 bits per heavy atom. The van der Waals surface area contributed by atoms with Gasteiger partial charge in [-0.1, -0.05) is 43.5 Å². The maximum Gasteiger partial charge on any atom is 0.288 e. The van der Waals surface area contributed by atoms with Crippen molar-refractivity contribution in [2.24, 2.45) is 5.92 Å². The number of aromatic nitrogens is 2. The number of hydrogen-bond acceptors (Lipinski definition) is 4. The molecular formula is C21H22N4O2S. The van der Waals surface area contributed by atoms with Crippen LogP contribution in [0.25, 0.3) is 16.3 Å². The maximum absolute atomic E-state index is 12.8. The lowest BCUT2D eigenvalue weighted by Gasteiger charge is -2.20. The molecule has 2 aromatic heterocycles. The zero-order valence-corrected chi connectivity index (χ0v) is 16.2. The molecule has 144 valence electrons. The van der Waals surface area contributed by atoms with Gasteiger partial charge in [-0.05, 0) is 42.5 Å². The Hall–Kier alpha value is -2.93. The molecule has 0 unspecified atom stereocenters. The number of carbonyl (C=O) groups is 2. The molecule has 28 heavy (non-hydrogen) atoms. The minimum atomic E-state index is -0.386. The standard InChI is InChI=1S/C21H22N4O2S/c26-20(15-8-3-1-4-9-15)22-23-21(27)18-14-17(19-12-7-13-28-19)24-25(18)16-10-5-2-6-11-16/h2,5-7,10-15H,1,3-4,8-9H2,(H,22,26)(H,23,27). The van der Waals surface area contributed by atoms with E-state index < -0.39 is 0 Å². The van der Waals surface area contributed by atoms with Crippen LogP contribution in [0.1, 0.15) is 42.6 Å². The fraction of sp³-hybridized carbons (Fsp3) is 0.286. The second kappa shape index (κ2) is 8.39. The number of nitrogens with zero attached hydrogens (tertiary/aromatic N) is 2. The third-order valence-electron chi connectivity index (χ3n) is 4.99. The summed E-state index contributed by atoms with van der Waals surface area (Å²) in [5.41, 5.74) is 7.05. The van der Waals surface area contributed by atoms with E-state index in [1.165, 1.54) is 6.42 Å². The van der Waals surface area contributed by atoms with Crippen LogP contribution in [0.3, 0.4) is 0 Å². The molecule has 3 aromatic rings. The Bertz CT molecular complexity index is 944. The quantitative estimate of drug-likeness (QED) is 0.658. The third-order valence-corrected chi connectivity index (χ3v) is 5.88. The van der Waals surface area contributed by atoms with Crippen LogP contribution in [-0.2, 0) is 4.79 Å². The van der Waals surface area contributed by atoms with Crippen LogP contribution < -0.4 is 10.9 Å². The SMILES string of the molecule is O=C(NNC(=O)C1CCCCC1)c1cc(-c2cccs2)nn1-c1ccccc1. The van der Waals surface area contributed by atoms with Crippen molar-refractivity contribution >= 4 is 23.2 Å². The highest BCUT2D eigenvalue weighted by atomic mass is 32.1. The lowest BCUT2D eigenvalue weighted by molar-refractivity contribution is -0.126. The zero-order valence-electron chi connectivity index (χ0n) is 15.4. The predicted molar refractivity (Wildman–Crippen MR) is 109 cm³/mol. The number of thiophene rings is 1. The highest BCUT2D eigenvalue weighted by Gasteiger charge is 2.23. The first-order valence-corrected chi connectivity index (χ1v) is 10.4. The van der Waals surface area contributed by atoms with Crippen molar-refractivity contribution in [3.63, 3.8) is 0 Å². The number of hydrogen-bond donors (Lipinski definition) is 2. The lowest BCUT2D eigenvalue weighted by atomic mass is 9.89. The summed E-state index contributed by atoms with van der Waals surface area (Å²) in [6.07, 6.45) is 5.07. The summed E-state index contributed by atoms with van der Waals surface area (Å²) in [6, 6.07) is 15.2. The second-order valence-electron chi connectivity index (χ2n) is 6.92. The van der Waals surface area contributed by atoms with E-state index >= 15 is 0 Å². The van der Waals surface area contributed by atoms with Crippen LogP contribution in [-0.4, -0.2) is 21.6 Å². The third kappa shape index (κ3) is 3.99. The molecule has 0 spiro atoms. The van der Waals surface area contributed by atoms with Crippen LogP contribution in [0.2, 0.25) is 0 Å². The van der Waals surface area contributed by atoms with Gasteiger partial charge in [-0.25, -0.2) is 4.68 Å². The Morgan fingerprint density at radius 3 is 2.50 bits per heavy atom. The summed E-state index contributed by atoms with van der Waals surface area (Å²) >= 11 is 1.56. The molecule has 1 fully saturated rings. The van der Waals surface area contributed by atoms with E-state index in [0.717, 1.165) is 41.9 Å². The van der Waals surface area contributed by atoms with Crippen molar-refractivity contribution in [2.45, 2.75) is 32.1 Å². The molecule has 1 aliphatic rings. The molecule has 1 aromatic carbocycles. The van der Waals surface area contributed by atoms with E-state index in [4.69, 9.17) is 0 Å². The summed E-state index contributed by atoms with van der Waals surface area (Å²) < 4.78 is 1.61. The van der Waals surface area contributed by atoms with Crippen molar-refractivity contribution in [3.05, 3.63) is 59.6 Å². The van der Waals surface area contributed by atoms with E-state index in [9.17, 15) is 9.59 Å². The van der Waals surface area contributed by atoms with Gasteiger partial charge in [-0.15, -0.1) is 11.3 Å². The molecule has 4 rings (SSSR count). The van der Waals surface area contributed by atoms with E-state index in [-0.39, 0.29) is 17.7 Å². The molecular weight excluding hydrogens is 372 g/mol. The van der Waals surface area contributed by atoms with Crippen LogP contribution in [0.4, 0.5) is 0 Å². The van der Waals surface area contributed by atoms with Crippen LogP contribution in [0.5, 0.6) is 0 Å². The van der Waals surface area contributed by atoms with Crippen LogP contribution in [0, 0.1) is 5.92 Å². The highest BCUT2D eigenvalue weighted by molar-refractivity contribution is 7.13. The van der Waals surface area contributed by atoms with Gasteiger partial charge in [0.2, 0.25) is 5.91 Å². The normalized spacial score (nSPS) is 14.6. The summed E-state index contributed by atoms with van der Waals surface area (Å²) in [6.45, 7) is 0. The van der Waals surface area contributed by atoms with Crippen molar-refractivity contribution in [3.8, 4) is 16.3 Å². The van der Waals surface area contributed by atoms with Gasteiger partial charge in [0.1, 0.15) is 11.4 Å². The number of para-hydroxylation sites is 1. The monoisotopic (exact) mass is 394 g/mol. The highest BCUT2D eigenvalue weighted by Crippen LogP contribution is 2.26. The van der Waals surface area contributed by atoms with Gasteiger partial charge in [0.15, 0.2) is 0 Å². The van der Waals surface area contributed by atoms with Gasteiger partial charge in [-0.3, -0.25) is 20.4 Å². The number of hydrazine groups is 1. The molecule has 1 aliphatic carbocycles. The summed E-state index contributed by atoms with van der Waals surface area (Å²) in [5, 5.41) is 6.59.